The van der Waals surface area contributed by atoms with E-state index >= 15 is 0 Å². The topological polar surface area (TPSA) is 107 Å². The maximum absolute atomic E-state index is 12.8. The molecule has 0 radical (unpaired) electrons. The van der Waals surface area contributed by atoms with E-state index in [1.807, 2.05) is 23.1 Å². The maximum Gasteiger partial charge on any atom is 0.274 e. The number of H-pyrrole nitrogens is 2. The molecular formula is C23H26N6O2. The fraction of sp³-hybridized carbons (Fsp3) is 0.478. The van der Waals surface area contributed by atoms with Crippen molar-refractivity contribution in [2.45, 2.75) is 38.0 Å². The van der Waals surface area contributed by atoms with Gasteiger partial charge in [-0.25, -0.2) is 0 Å². The molecular weight excluding hydrogens is 392 g/mol. The molecule has 1 spiro atoms. The zero-order chi connectivity index (χ0) is 21.0. The average molecular weight is 419 g/mol. The minimum Gasteiger partial charge on any atom is -0.350 e. The number of aromatic nitrogens is 4. The maximum atomic E-state index is 12.8. The first-order valence-electron chi connectivity index (χ1n) is 11.2. The fourth-order valence-electron chi connectivity index (χ4n) is 5.11. The SMILES string of the molecule is O=C(NCC1CC12CCN(C(=O)c1cc(C3CC3)[nH]n1)CC2)c1cc2cnccc2[nH]1. The summed E-state index contributed by atoms with van der Waals surface area (Å²) < 4.78 is 0. The van der Waals surface area contributed by atoms with Crippen molar-refractivity contribution in [1.29, 1.82) is 0 Å². The van der Waals surface area contributed by atoms with Crippen molar-refractivity contribution in [3.8, 4) is 0 Å². The highest BCUT2D eigenvalue weighted by molar-refractivity contribution is 5.97. The standard InChI is InChI=1S/C23H26N6O2/c30-21(19-9-15-12-24-6-3-17(15)26-19)25-13-16-11-23(16)4-7-29(8-5-23)22(31)20-10-18(27-28-20)14-1-2-14/h3,6,9-10,12,14,16,26H,1-2,4-5,7-8,11,13H2,(H,25,30)(H,27,28). The van der Waals surface area contributed by atoms with Crippen LogP contribution in [0.15, 0.2) is 30.6 Å². The van der Waals surface area contributed by atoms with E-state index in [0.29, 0.717) is 29.8 Å². The second-order valence-corrected chi connectivity index (χ2v) is 9.39. The third-order valence-corrected chi connectivity index (χ3v) is 7.41. The van der Waals surface area contributed by atoms with E-state index in [0.717, 1.165) is 48.9 Å². The van der Waals surface area contributed by atoms with E-state index < -0.39 is 0 Å². The molecule has 0 aromatic carbocycles. The smallest absolute Gasteiger partial charge is 0.274 e. The summed E-state index contributed by atoms with van der Waals surface area (Å²) in [5.41, 5.74) is 3.41. The lowest BCUT2D eigenvalue weighted by Crippen LogP contribution is -2.40. The number of likely N-dealkylation sites (tertiary alicyclic amines) is 1. The summed E-state index contributed by atoms with van der Waals surface area (Å²) in [4.78, 5) is 34.5. The Morgan fingerprint density at radius 3 is 2.84 bits per heavy atom. The number of hydrogen-bond acceptors (Lipinski definition) is 4. The largest absolute Gasteiger partial charge is 0.350 e. The first kappa shape index (κ1) is 18.6. The normalized spacial score (nSPS) is 22.1. The molecule has 2 aliphatic carbocycles. The molecule has 3 fully saturated rings. The number of pyridine rings is 1. The Bertz CT molecular complexity index is 1120. The summed E-state index contributed by atoms with van der Waals surface area (Å²) in [6, 6.07) is 5.64. The van der Waals surface area contributed by atoms with Crippen molar-refractivity contribution in [2.75, 3.05) is 19.6 Å². The summed E-state index contributed by atoms with van der Waals surface area (Å²) in [7, 11) is 0. The van der Waals surface area contributed by atoms with Crippen molar-refractivity contribution in [3.05, 3.63) is 47.7 Å². The molecule has 1 saturated heterocycles. The Hall–Kier alpha value is -3.16. The number of carbonyl (C=O) groups excluding carboxylic acids is 2. The Balaban J connectivity index is 1.01. The van der Waals surface area contributed by atoms with Gasteiger partial charge in [0.05, 0.1) is 0 Å². The van der Waals surface area contributed by atoms with Gasteiger partial charge in [0.1, 0.15) is 11.4 Å². The number of nitrogens with zero attached hydrogens (tertiary/aromatic N) is 3. The molecule has 3 aliphatic rings. The van der Waals surface area contributed by atoms with Crippen molar-refractivity contribution >= 4 is 22.7 Å². The fourth-order valence-corrected chi connectivity index (χ4v) is 5.11. The van der Waals surface area contributed by atoms with Gasteiger partial charge in [-0.05, 0) is 61.6 Å². The molecule has 160 valence electrons. The van der Waals surface area contributed by atoms with Crippen LogP contribution in [0.25, 0.3) is 10.9 Å². The number of amides is 2. The quantitative estimate of drug-likeness (QED) is 0.592. The number of hydrogen-bond donors (Lipinski definition) is 3. The van der Waals surface area contributed by atoms with Crippen LogP contribution in [0.3, 0.4) is 0 Å². The van der Waals surface area contributed by atoms with Crippen molar-refractivity contribution in [1.82, 2.24) is 30.4 Å². The molecule has 4 heterocycles. The highest BCUT2D eigenvalue weighted by Crippen LogP contribution is 2.59. The first-order chi connectivity index (χ1) is 15.1. The van der Waals surface area contributed by atoms with Crippen LogP contribution in [0.5, 0.6) is 0 Å². The molecule has 2 saturated carbocycles. The number of nitrogens with one attached hydrogen (secondary N) is 3. The molecule has 3 aromatic rings. The molecule has 3 N–H and O–H groups in total. The molecule has 0 bridgehead atoms. The van der Waals surface area contributed by atoms with Gasteiger partial charge in [-0.1, -0.05) is 0 Å². The van der Waals surface area contributed by atoms with Gasteiger partial charge in [-0.3, -0.25) is 19.7 Å². The monoisotopic (exact) mass is 418 g/mol. The van der Waals surface area contributed by atoms with E-state index in [2.05, 4.69) is 25.5 Å². The molecule has 2 amide bonds. The zero-order valence-electron chi connectivity index (χ0n) is 17.4. The summed E-state index contributed by atoms with van der Waals surface area (Å²) in [6.45, 7) is 2.22. The van der Waals surface area contributed by atoms with Crippen LogP contribution in [-0.2, 0) is 0 Å². The van der Waals surface area contributed by atoms with Gasteiger partial charge in [0.15, 0.2) is 0 Å². The van der Waals surface area contributed by atoms with Gasteiger partial charge < -0.3 is 15.2 Å². The van der Waals surface area contributed by atoms with Crippen molar-refractivity contribution in [3.63, 3.8) is 0 Å². The average Bonchev–Trinajstić information content (AvgIpc) is 3.64. The number of carbonyl (C=O) groups is 2. The Kier molecular flexibility index (Phi) is 4.16. The predicted octanol–water partition coefficient (Wildman–Crippen LogP) is 2.84. The van der Waals surface area contributed by atoms with Gasteiger partial charge in [0, 0.05) is 54.5 Å². The highest BCUT2D eigenvalue weighted by Gasteiger charge is 2.54. The van der Waals surface area contributed by atoms with Gasteiger partial charge in [-0.2, -0.15) is 5.10 Å². The number of fused-ring (bicyclic) bond motifs is 1. The third-order valence-electron chi connectivity index (χ3n) is 7.41. The summed E-state index contributed by atoms with van der Waals surface area (Å²) in [6.07, 6.45) is 8.97. The Morgan fingerprint density at radius 1 is 1.23 bits per heavy atom. The number of aromatic amines is 2. The van der Waals surface area contributed by atoms with E-state index in [4.69, 9.17) is 0 Å². The lowest BCUT2D eigenvalue weighted by molar-refractivity contribution is 0.0663. The molecule has 31 heavy (non-hydrogen) atoms. The van der Waals surface area contributed by atoms with Crippen LogP contribution in [0.2, 0.25) is 0 Å². The second-order valence-electron chi connectivity index (χ2n) is 9.39. The van der Waals surface area contributed by atoms with Crippen LogP contribution >= 0.6 is 0 Å². The first-order valence-corrected chi connectivity index (χ1v) is 11.2. The molecule has 1 aliphatic heterocycles. The molecule has 1 atom stereocenters. The van der Waals surface area contributed by atoms with Crippen LogP contribution in [0, 0.1) is 11.3 Å². The predicted molar refractivity (Wildman–Crippen MR) is 115 cm³/mol. The summed E-state index contributed by atoms with van der Waals surface area (Å²) in [5.74, 6) is 1.03. The molecule has 8 nitrogen and oxygen atoms in total. The molecule has 1 unspecified atom stereocenters. The van der Waals surface area contributed by atoms with Crippen LogP contribution < -0.4 is 5.32 Å². The van der Waals surface area contributed by atoms with E-state index in [9.17, 15) is 9.59 Å². The van der Waals surface area contributed by atoms with Gasteiger partial charge in [0.25, 0.3) is 11.8 Å². The van der Waals surface area contributed by atoms with Gasteiger partial charge in [0.2, 0.25) is 0 Å². The molecule has 3 aromatic heterocycles. The van der Waals surface area contributed by atoms with E-state index in [-0.39, 0.29) is 17.2 Å². The van der Waals surface area contributed by atoms with Crippen molar-refractivity contribution in [2.24, 2.45) is 11.3 Å². The second kappa shape index (κ2) is 6.93. The minimum absolute atomic E-state index is 0.0387. The third kappa shape index (κ3) is 3.40. The van der Waals surface area contributed by atoms with Gasteiger partial charge in [-0.15, -0.1) is 0 Å². The van der Waals surface area contributed by atoms with Crippen LogP contribution in [-0.4, -0.2) is 56.5 Å². The van der Waals surface area contributed by atoms with Crippen LogP contribution in [0.4, 0.5) is 0 Å². The van der Waals surface area contributed by atoms with Crippen LogP contribution in [0.1, 0.15) is 64.7 Å². The summed E-state index contributed by atoms with van der Waals surface area (Å²) in [5, 5.41) is 11.3. The summed E-state index contributed by atoms with van der Waals surface area (Å²) >= 11 is 0. The molecule has 6 rings (SSSR count). The Morgan fingerprint density at radius 2 is 2.06 bits per heavy atom. The van der Waals surface area contributed by atoms with E-state index in [1.54, 1.807) is 12.4 Å². The van der Waals surface area contributed by atoms with E-state index in [1.165, 1.54) is 12.8 Å². The molecule has 8 heteroatoms. The number of piperidine rings is 1. The van der Waals surface area contributed by atoms with Crippen molar-refractivity contribution < 1.29 is 9.59 Å². The lowest BCUT2D eigenvalue weighted by atomic mass is 9.90. The number of rotatable bonds is 5. The highest BCUT2D eigenvalue weighted by atomic mass is 16.2. The lowest BCUT2D eigenvalue weighted by Gasteiger charge is -2.32. The zero-order valence-corrected chi connectivity index (χ0v) is 17.4. The van der Waals surface area contributed by atoms with Gasteiger partial charge >= 0.3 is 0 Å². The Labute approximate surface area is 179 Å². The minimum atomic E-state index is -0.0733.